The average Bonchev–Trinajstić information content (AvgIpc) is 2.60. The van der Waals surface area contributed by atoms with Crippen LogP contribution >= 0.6 is 0 Å². The fraction of sp³-hybridized carbons (Fsp3) is 0.650. The maximum absolute atomic E-state index is 12.2. The van der Waals surface area contributed by atoms with Crippen molar-refractivity contribution in [2.24, 2.45) is 23.2 Å². The molecule has 6 atom stereocenters. The Hall–Kier alpha value is -1.39. The lowest BCUT2D eigenvalue weighted by molar-refractivity contribution is -0.175. The smallest absolute Gasteiger partial charge is 0.142 e. The van der Waals surface area contributed by atoms with E-state index in [0.29, 0.717) is 18.6 Å². The van der Waals surface area contributed by atoms with Gasteiger partial charge in [0.25, 0.3) is 0 Å². The van der Waals surface area contributed by atoms with Gasteiger partial charge in [-0.25, -0.2) is 0 Å². The zero-order valence-corrected chi connectivity index (χ0v) is 14.5. The summed E-state index contributed by atoms with van der Waals surface area (Å²) in [6.45, 7) is 4.28. The summed E-state index contributed by atoms with van der Waals surface area (Å²) in [6, 6.07) is 9.45. The SMILES string of the molecule is CC1C(=O)[C@]2(C)CC[C@H](O)[C@@H](CC[C@H](O)COc3ccccc3)[C@H]12. The Kier molecular flexibility index (Phi) is 4.97. The molecule has 0 saturated heterocycles. The standard InChI is InChI=1S/C20H28O4/c1-13-18-16(17(22)10-11-20(18,2)19(13)23)9-8-14(21)12-24-15-6-4-3-5-7-15/h3-7,13-14,16-18,21-22H,8-12H2,1-2H3/t13?,14-,16+,17-,18-,20+/m0/s1. The minimum atomic E-state index is -0.559. The zero-order valence-electron chi connectivity index (χ0n) is 14.5. The minimum absolute atomic E-state index is 0.0349. The number of fused-ring (bicyclic) bond motifs is 1. The number of hydrogen-bond donors (Lipinski definition) is 2. The van der Waals surface area contributed by atoms with Gasteiger partial charge in [-0.05, 0) is 49.7 Å². The summed E-state index contributed by atoms with van der Waals surface area (Å²) in [5.74, 6) is 1.48. The van der Waals surface area contributed by atoms with Crippen LogP contribution in [0.15, 0.2) is 30.3 Å². The van der Waals surface area contributed by atoms with E-state index in [4.69, 9.17) is 4.74 Å². The number of hydrogen-bond acceptors (Lipinski definition) is 4. The van der Waals surface area contributed by atoms with E-state index < -0.39 is 6.10 Å². The monoisotopic (exact) mass is 332 g/mol. The molecule has 1 aromatic rings. The van der Waals surface area contributed by atoms with Gasteiger partial charge in [-0.1, -0.05) is 32.0 Å². The van der Waals surface area contributed by atoms with Crippen molar-refractivity contribution < 1.29 is 19.7 Å². The molecular formula is C20H28O4. The molecule has 2 aliphatic carbocycles. The normalized spacial score (nSPS) is 36.6. The molecule has 3 rings (SSSR count). The molecule has 2 aliphatic rings. The lowest BCUT2D eigenvalue weighted by Crippen LogP contribution is -2.62. The second-order valence-electron chi connectivity index (χ2n) is 7.72. The highest BCUT2D eigenvalue weighted by atomic mass is 16.5. The molecule has 1 unspecified atom stereocenters. The van der Waals surface area contributed by atoms with Crippen LogP contribution < -0.4 is 4.74 Å². The van der Waals surface area contributed by atoms with Gasteiger partial charge in [0.15, 0.2) is 0 Å². The van der Waals surface area contributed by atoms with Gasteiger partial charge in [-0.2, -0.15) is 0 Å². The van der Waals surface area contributed by atoms with Crippen LogP contribution in [0, 0.1) is 23.2 Å². The van der Waals surface area contributed by atoms with E-state index in [9.17, 15) is 15.0 Å². The summed E-state index contributed by atoms with van der Waals surface area (Å²) >= 11 is 0. The van der Waals surface area contributed by atoms with Crippen molar-refractivity contribution in [3.05, 3.63) is 30.3 Å². The molecule has 0 aliphatic heterocycles. The second-order valence-corrected chi connectivity index (χ2v) is 7.72. The van der Waals surface area contributed by atoms with Gasteiger partial charge in [0.1, 0.15) is 18.1 Å². The van der Waals surface area contributed by atoms with Crippen LogP contribution in [0.5, 0.6) is 5.75 Å². The van der Waals surface area contributed by atoms with E-state index in [1.54, 1.807) is 0 Å². The maximum Gasteiger partial charge on any atom is 0.142 e. The third-order valence-corrected chi connectivity index (χ3v) is 6.18. The van der Waals surface area contributed by atoms with E-state index in [1.807, 2.05) is 44.2 Å². The Bertz CT molecular complexity index is 572. The molecule has 0 amide bonds. The lowest BCUT2D eigenvalue weighted by atomic mass is 9.45. The molecule has 2 saturated carbocycles. The maximum atomic E-state index is 12.2. The number of Topliss-reactive ketones (excluding diaryl/α,β-unsaturated/α-hetero) is 1. The number of aliphatic hydroxyl groups is 2. The first-order valence-electron chi connectivity index (χ1n) is 9.02. The van der Waals surface area contributed by atoms with Crippen LogP contribution in [0.1, 0.15) is 39.5 Å². The summed E-state index contributed by atoms with van der Waals surface area (Å²) < 4.78 is 5.59. The molecule has 4 heteroatoms. The molecule has 1 aromatic carbocycles. The van der Waals surface area contributed by atoms with E-state index in [1.165, 1.54) is 0 Å². The quantitative estimate of drug-likeness (QED) is 0.841. The Labute approximate surface area is 143 Å². The Balaban J connectivity index is 1.52. The summed E-state index contributed by atoms with van der Waals surface area (Å²) in [5, 5.41) is 20.6. The molecule has 4 nitrogen and oxygen atoms in total. The topological polar surface area (TPSA) is 66.8 Å². The third kappa shape index (κ3) is 3.09. The Morgan fingerprint density at radius 3 is 2.75 bits per heavy atom. The van der Waals surface area contributed by atoms with E-state index >= 15 is 0 Å². The Morgan fingerprint density at radius 2 is 2.04 bits per heavy atom. The predicted octanol–water partition coefficient (Wildman–Crippen LogP) is 2.82. The van der Waals surface area contributed by atoms with Crippen molar-refractivity contribution in [2.75, 3.05) is 6.61 Å². The number of ether oxygens (including phenoxy) is 1. The van der Waals surface area contributed by atoms with Crippen molar-refractivity contribution in [3.8, 4) is 5.75 Å². The molecule has 2 N–H and O–H groups in total. The highest BCUT2D eigenvalue weighted by molar-refractivity contribution is 5.93. The number of para-hydroxylation sites is 1. The Morgan fingerprint density at radius 1 is 1.33 bits per heavy atom. The summed E-state index contributed by atoms with van der Waals surface area (Å²) in [7, 11) is 0. The first-order valence-corrected chi connectivity index (χ1v) is 9.02. The molecule has 24 heavy (non-hydrogen) atoms. The predicted molar refractivity (Wildman–Crippen MR) is 91.7 cm³/mol. The van der Waals surface area contributed by atoms with Crippen LogP contribution in [0.25, 0.3) is 0 Å². The van der Waals surface area contributed by atoms with E-state index in [2.05, 4.69) is 0 Å². The molecule has 2 fully saturated rings. The van der Waals surface area contributed by atoms with Gasteiger partial charge in [0.2, 0.25) is 0 Å². The van der Waals surface area contributed by atoms with Crippen LogP contribution in [0.4, 0.5) is 0 Å². The first-order chi connectivity index (χ1) is 11.4. The van der Waals surface area contributed by atoms with E-state index in [-0.39, 0.29) is 35.9 Å². The van der Waals surface area contributed by atoms with Gasteiger partial charge in [0.05, 0.1) is 12.2 Å². The summed E-state index contributed by atoms with van der Waals surface area (Å²) in [4.78, 5) is 12.2. The van der Waals surface area contributed by atoms with Crippen molar-refractivity contribution in [1.29, 1.82) is 0 Å². The second kappa shape index (κ2) is 6.85. The molecule has 0 radical (unpaired) electrons. The molecule has 132 valence electrons. The third-order valence-electron chi connectivity index (χ3n) is 6.18. The zero-order chi connectivity index (χ0) is 17.3. The van der Waals surface area contributed by atoms with Crippen molar-refractivity contribution in [1.82, 2.24) is 0 Å². The highest BCUT2D eigenvalue weighted by Gasteiger charge is 2.61. The van der Waals surface area contributed by atoms with Crippen LogP contribution in [-0.4, -0.2) is 34.8 Å². The van der Waals surface area contributed by atoms with Gasteiger partial charge in [-0.3, -0.25) is 4.79 Å². The van der Waals surface area contributed by atoms with Gasteiger partial charge >= 0.3 is 0 Å². The van der Waals surface area contributed by atoms with Crippen LogP contribution in [0.3, 0.4) is 0 Å². The molecule has 0 spiro atoms. The lowest BCUT2D eigenvalue weighted by Gasteiger charge is -2.58. The fourth-order valence-electron chi connectivity index (χ4n) is 4.89. The largest absolute Gasteiger partial charge is 0.491 e. The van der Waals surface area contributed by atoms with Crippen molar-refractivity contribution in [3.63, 3.8) is 0 Å². The van der Waals surface area contributed by atoms with Crippen LogP contribution in [0.2, 0.25) is 0 Å². The highest BCUT2D eigenvalue weighted by Crippen LogP contribution is 2.59. The first kappa shape index (κ1) is 17.4. The van der Waals surface area contributed by atoms with Crippen LogP contribution in [-0.2, 0) is 4.79 Å². The number of carbonyl (C=O) groups is 1. The van der Waals surface area contributed by atoms with Crippen molar-refractivity contribution >= 4 is 5.78 Å². The van der Waals surface area contributed by atoms with Gasteiger partial charge < -0.3 is 14.9 Å². The molecule has 0 bridgehead atoms. The van der Waals surface area contributed by atoms with Gasteiger partial charge in [-0.15, -0.1) is 0 Å². The average molecular weight is 332 g/mol. The molecular weight excluding hydrogens is 304 g/mol. The number of rotatable bonds is 6. The summed E-state index contributed by atoms with van der Waals surface area (Å²) in [6.07, 6.45) is 1.88. The minimum Gasteiger partial charge on any atom is -0.491 e. The van der Waals surface area contributed by atoms with Crippen molar-refractivity contribution in [2.45, 2.75) is 51.7 Å². The number of aliphatic hydroxyl groups excluding tert-OH is 2. The summed E-state index contributed by atoms with van der Waals surface area (Å²) in [5.41, 5.74) is -0.255. The van der Waals surface area contributed by atoms with E-state index in [0.717, 1.165) is 18.6 Å². The molecule has 0 heterocycles. The van der Waals surface area contributed by atoms with Gasteiger partial charge in [0, 0.05) is 11.3 Å². The fourth-order valence-corrected chi connectivity index (χ4v) is 4.89. The number of carbonyl (C=O) groups excluding carboxylic acids is 1. The number of benzene rings is 1. The molecule has 0 aromatic heterocycles. The number of ketones is 1.